The Morgan fingerprint density at radius 3 is 2.31 bits per heavy atom. The van der Waals surface area contributed by atoms with Gasteiger partial charge in [0, 0.05) is 0 Å². The van der Waals surface area contributed by atoms with Gasteiger partial charge in [-0.1, -0.05) is 72.8 Å². The second-order valence-electron chi connectivity index (χ2n) is 6.50. The zero-order valence-electron chi connectivity index (χ0n) is 14.8. The zero-order valence-corrected chi connectivity index (χ0v) is 14.8. The average molecular weight is 339 g/mol. The molecule has 128 valence electrons. The number of anilines is 1. The summed E-state index contributed by atoms with van der Waals surface area (Å²) in [5.41, 5.74) is 11.5. The summed E-state index contributed by atoms with van der Waals surface area (Å²) in [4.78, 5) is 0. The molecule has 0 heterocycles. The molecule has 0 spiro atoms. The highest BCUT2D eigenvalue weighted by atomic mass is 16.5. The Morgan fingerprint density at radius 1 is 0.769 bits per heavy atom. The maximum Gasteiger partial charge on any atom is 0.142 e. The van der Waals surface area contributed by atoms with Crippen LogP contribution in [0, 0.1) is 6.92 Å². The second kappa shape index (κ2) is 6.93. The molecule has 2 heteroatoms. The molecule has 0 amide bonds. The van der Waals surface area contributed by atoms with E-state index in [2.05, 4.69) is 67.6 Å². The quantitative estimate of drug-likeness (QED) is 0.464. The van der Waals surface area contributed by atoms with Gasteiger partial charge in [0.2, 0.25) is 0 Å². The van der Waals surface area contributed by atoms with E-state index < -0.39 is 0 Å². The Hall–Kier alpha value is -3.26. The standard InChI is InChI=1S/C24H21NO/c1-17-10-13-19-6-2-3-7-21(19)24(17)20-14-11-18(12-15-20)16-26-23-9-5-4-8-22(23)25/h2-15H,16,25H2,1H3. The maximum absolute atomic E-state index is 5.93. The number of nitrogens with two attached hydrogens (primary N) is 1. The van der Waals surface area contributed by atoms with E-state index in [1.807, 2.05) is 24.3 Å². The molecule has 2 nitrogen and oxygen atoms in total. The van der Waals surface area contributed by atoms with Gasteiger partial charge in [0.05, 0.1) is 5.69 Å². The normalized spacial score (nSPS) is 10.8. The van der Waals surface area contributed by atoms with Crippen LogP contribution in [0.25, 0.3) is 21.9 Å². The molecule has 0 saturated heterocycles. The predicted molar refractivity (Wildman–Crippen MR) is 109 cm³/mol. The lowest BCUT2D eigenvalue weighted by molar-refractivity contribution is 0.308. The number of fused-ring (bicyclic) bond motifs is 1. The van der Waals surface area contributed by atoms with Crippen molar-refractivity contribution in [3.8, 4) is 16.9 Å². The van der Waals surface area contributed by atoms with Crippen molar-refractivity contribution in [1.82, 2.24) is 0 Å². The van der Waals surface area contributed by atoms with Gasteiger partial charge >= 0.3 is 0 Å². The first kappa shape index (κ1) is 16.2. The zero-order chi connectivity index (χ0) is 17.9. The molecule has 0 atom stereocenters. The van der Waals surface area contributed by atoms with Gasteiger partial charge in [-0.15, -0.1) is 0 Å². The Kier molecular flexibility index (Phi) is 4.32. The van der Waals surface area contributed by atoms with Crippen LogP contribution in [0.1, 0.15) is 11.1 Å². The number of aryl methyl sites for hydroxylation is 1. The highest BCUT2D eigenvalue weighted by Crippen LogP contribution is 2.32. The van der Waals surface area contributed by atoms with Gasteiger partial charge in [-0.3, -0.25) is 0 Å². The molecule has 0 unspecified atom stereocenters. The van der Waals surface area contributed by atoms with Crippen LogP contribution in [-0.2, 0) is 6.61 Å². The van der Waals surface area contributed by atoms with Crippen LogP contribution in [-0.4, -0.2) is 0 Å². The predicted octanol–water partition coefficient (Wildman–Crippen LogP) is 5.98. The molecule has 0 aliphatic rings. The minimum atomic E-state index is 0.503. The molecule has 0 radical (unpaired) electrons. The fourth-order valence-corrected chi connectivity index (χ4v) is 3.30. The first-order valence-corrected chi connectivity index (χ1v) is 8.77. The minimum Gasteiger partial charge on any atom is -0.487 e. The lowest BCUT2D eigenvalue weighted by Crippen LogP contribution is -1.98. The molecule has 0 aliphatic carbocycles. The third-order valence-electron chi connectivity index (χ3n) is 4.69. The number of para-hydroxylation sites is 2. The molecule has 0 aliphatic heterocycles. The van der Waals surface area contributed by atoms with Crippen molar-refractivity contribution in [1.29, 1.82) is 0 Å². The van der Waals surface area contributed by atoms with Crippen molar-refractivity contribution in [2.75, 3.05) is 5.73 Å². The smallest absolute Gasteiger partial charge is 0.142 e. The van der Waals surface area contributed by atoms with E-state index in [1.54, 1.807) is 0 Å². The number of ether oxygens (including phenoxy) is 1. The van der Waals surface area contributed by atoms with Crippen molar-refractivity contribution in [3.63, 3.8) is 0 Å². The van der Waals surface area contributed by atoms with Crippen LogP contribution >= 0.6 is 0 Å². The van der Waals surface area contributed by atoms with E-state index >= 15 is 0 Å². The lowest BCUT2D eigenvalue weighted by Gasteiger charge is -2.12. The molecular weight excluding hydrogens is 318 g/mol. The van der Waals surface area contributed by atoms with Gasteiger partial charge in [0.15, 0.2) is 0 Å². The SMILES string of the molecule is Cc1ccc2ccccc2c1-c1ccc(COc2ccccc2N)cc1. The lowest BCUT2D eigenvalue weighted by atomic mass is 9.93. The Balaban J connectivity index is 1.61. The molecule has 0 fully saturated rings. The largest absolute Gasteiger partial charge is 0.487 e. The van der Waals surface area contributed by atoms with Gasteiger partial charge < -0.3 is 10.5 Å². The van der Waals surface area contributed by atoms with E-state index in [1.165, 1.54) is 27.5 Å². The van der Waals surface area contributed by atoms with Crippen molar-refractivity contribution in [2.24, 2.45) is 0 Å². The minimum absolute atomic E-state index is 0.503. The number of hydrogen-bond donors (Lipinski definition) is 1. The van der Waals surface area contributed by atoms with Crippen molar-refractivity contribution in [2.45, 2.75) is 13.5 Å². The van der Waals surface area contributed by atoms with Gasteiger partial charge in [-0.25, -0.2) is 0 Å². The van der Waals surface area contributed by atoms with Crippen molar-refractivity contribution < 1.29 is 4.74 Å². The number of benzene rings is 4. The van der Waals surface area contributed by atoms with E-state index in [4.69, 9.17) is 10.5 Å². The molecule has 0 bridgehead atoms. The van der Waals surface area contributed by atoms with Crippen molar-refractivity contribution >= 4 is 16.5 Å². The molecule has 4 rings (SSSR count). The summed E-state index contributed by atoms with van der Waals surface area (Å²) >= 11 is 0. The van der Waals surface area contributed by atoms with Gasteiger partial charge in [0.1, 0.15) is 12.4 Å². The summed E-state index contributed by atoms with van der Waals surface area (Å²) in [5, 5.41) is 2.55. The summed E-state index contributed by atoms with van der Waals surface area (Å²) in [7, 11) is 0. The average Bonchev–Trinajstić information content (AvgIpc) is 2.68. The topological polar surface area (TPSA) is 35.2 Å². The first-order chi connectivity index (χ1) is 12.7. The van der Waals surface area contributed by atoms with Crippen LogP contribution in [0.2, 0.25) is 0 Å². The third-order valence-corrected chi connectivity index (χ3v) is 4.69. The molecular formula is C24H21NO. The number of hydrogen-bond acceptors (Lipinski definition) is 2. The van der Waals surface area contributed by atoms with E-state index in [9.17, 15) is 0 Å². The van der Waals surface area contributed by atoms with Gasteiger partial charge in [0.25, 0.3) is 0 Å². The maximum atomic E-state index is 5.93. The fourth-order valence-electron chi connectivity index (χ4n) is 3.30. The summed E-state index contributed by atoms with van der Waals surface area (Å²) in [6.45, 7) is 2.67. The van der Waals surface area contributed by atoms with Gasteiger partial charge in [-0.2, -0.15) is 0 Å². The third kappa shape index (κ3) is 3.14. The molecule has 26 heavy (non-hydrogen) atoms. The van der Waals surface area contributed by atoms with E-state index in [-0.39, 0.29) is 0 Å². The Morgan fingerprint density at radius 2 is 1.50 bits per heavy atom. The summed E-state index contributed by atoms with van der Waals surface area (Å²) in [5.74, 6) is 0.724. The van der Waals surface area contributed by atoms with Crippen LogP contribution in [0.4, 0.5) is 5.69 Å². The summed E-state index contributed by atoms with van der Waals surface area (Å²) < 4.78 is 5.84. The molecule has 4 aromatic rings. The summed E-state index contributed by atoms with van der Waals surface area (Å²) in [6.07, 6.45) is 0. The number of rotatable bonds is 4. The molecule has 4 aromatic carbocycles. The Labute approximate surface area is 153 Å². The fraction of sp³-hybridized carbons (Fsp3) is 0.0833. The van der Waals surface area contributed by atoms with Crippen LogP contribution in [0.5, 0.6) is 5.75 Å². The number of nitrogen functional groups attached to an aromatic ring is 1. The first-order valence-electron chi connectivity index (χ1n) is 8.77. The second-order valence-corrected chi connectivity index (χ2v) is 6.50. The van der Waals surface area contributed by atoms with Crippen LogP contribution < -0.4 is 10.5 Å². The highest BCUT2D eigenvalue weighted by Gasteiger charge is 2.07. The van der Waals surface area contributed by atoms with Crippen LogP contribution in [0.3, 0.4) is 0 Å². The molecule has 0 saturated carbocycles. The van der Waals surface area contributed by atoms with E-state index in [0.29, 0.717) is 12.3 Å². The summed E-state index contributed by atoms with van der Waals surface area (Å²) in [6, 6.07) is 29.0. The monoisotopic (exact) mass is 339 g/mol. The van der Waals surface area contributed by atoms with Crippen molar-refractivity contribution in [3.05, 3.63) is 96.1 Å². The highest BCUT2D eigenvalue weighted by molar-refractivity contribution is 5.98. The van der Waals surface area contributed by atoms with Crippen LogP contribution in [0.15, 0.2) is 84.9 Å². The Bertz CT molecular complexity index is 1050. The molecule has 2 N–H and O–H groups in total. The van der Waals surface area contributed by atoms with E-state index in [0.717, 1.165) is 11.3 Å². The van der Waals surface area contributed by atoms with Gasteiger partial charge in [-0.05, 0) is 52.1 Å². The molecule has 0 aromatic heterocycles.